The second kappa shape index (κ2) is 6.14. The summed E-state index contributed by atoms with van der Waals surface area (Å²) in [6, 6.07) is 10.5. The molecule has 3 aromatic rings. The predicted octanol–water partition coefficient (Wildman–Crippen LogP) is 4.96. The average molecular weight is 317 g/mol. The Labute approximate surface area is 133 Å². The number of halogens is 1. The number of nitrogens with one attached hydrogen (secondary N) is 1. The number of rotatable bonds is 4. The molecule has 0 spiro atoms. The summed E-state index contributed by atoms with van der Waals surface area (Å²) in [7, 11) is 0. The first-order valence-electron chi connectivity index (χ1n) is 7.02. The fourth-order valence-corrected chi connectivity index (χ4v) is 3.86. The molecule has 0 bridgehead atoms. The summed E-state index contributed by atoms with van der Waals surface area (Å²) in [5.74, 6) is 0. The van der Waals surface area contributed by atoms with Crippen LogP contribution >= 0.6 is 22.9 Å². The van der Waals surface area contributed by atoms with Crippen LogP contribution in [0, 0.1) is 6.92 Å². The van der Waals surface area contributed by atoms with Crippen molar-refractivity contribution in [1.29, 1.82) is 0 Å². The van der Waals surface area contributed by atoms with Crippen molar-refractivity contribution >= 4 is 33.8 Å². The number of hydrogen-bond acceptors (Lipinski definition) is 3. The average Bonchev–Trinajstić information content (AvgIpc) is 2.84. The van der Waals surface area contributed by atoms with E-state index in [1.807, 2.05) is 31.3 Å². The summed E-state index contributed by atoms with van der Waals surface area (Å²) in [4.78, 5) is 5.73. The van der Waals surface area contributed by atoms with Gasteiger partial charge in [-0.3, -0.25) is 4.98 Å². The Balaban J connectivity index is 2.08. The zero-order chi connectivity index (χ0) is 14.8. The fraction of sp³-hybridized carbons (Fsp3) is 0.235. The number of thiophene rings is 1. The summed E-state index contributed by atoms with van der Waals surface area (Å²) in [5.41, 5.74) is 3.30. The smallest absolute Gasteiger partial charge is 0.0702 e. The van der Waals surface area contributed by atoms with E-state index in [9.17, 15) is 0 Å². The van der Waals surface area contributed by atoms with Crippen LogP contribution in [-0.4, -0.2) is 11.5 Å². The molecule has 1 aromatic carbocycles. The molecule has 108 valence electrons. The van der Waals surface area contributed by atoms with E-state index in [0.717, 1.165) is 38.5 Å². The van der Waals surface area contributed by atoms with Crippen LogP contribution in [0.25, 0.3) is 10.9 Å². The SMILES string of the molecule is CCNC(c1cnc2ccccc2c1)c1scc(C)c1Cl. The van der Waals surface area contributed by atoms with Crippen LogP contribution in [0.3, 0.4) is 0 Å². The van der Waals surface area contributed by atoms with Gasteiger partial charge in [-0.1, -0.05) is 36.7 Å². The molecule has 0 aliphatic rings. The van der Waals surface area contributed by atoms with Crippen molar-refractivity contribution in [2.24, 2.45) is 0 Å². The Morgan fingerprint density at radius 3 is 2.86 bits per heavy atom. The zero-order valence-electron chi connectivity index (χ0n) is 12.1. The number of aryl methyl sites for hydroxylation is 1. The molecule has 0 radical (unpaired) electrons. The molecular weight excluding hydrogens is 300 g/mol. The summed E-state index contributed by atoms with van der Waals surface area (Å²) in [5, 5.41) is 7.64. The topological polar surface area (TPSA) is 24.9 Å². The maximum atomic E-state index is 6.46. The zero-order valence-corrected chi connectivity index (χ0v) is 13.6. The van der Waals surface area contributed by atoms with E-state index in [4.69, 9.17) is 11.6 Å². The minimum Gasteiger partial charge on any atom is -0.306 e. The molecule has 0 amide bonds. The molecular formula is C17H17ClN2S. The molecule has 0 saturated heterocycles. The minimum absolute atomic E-state index is 0.0957. The van der Waals surface area contributed by atoms with Crippen molar-refractivity contribution in [2.75, 3.05) is 6.54 Å². The largest absolute Gasteiger partial charge is 0.306 e. The van der Waals surface area contributed by atoms with Crippen molar-refractivity contribution in [1.82, 2.24) is 10.3 Å². The molecule has 1 N–H and O–H groups in total. The first-order chi connectivity index (χ1) is 10.2. The lowest BCUT2D eigenvalue weighted by molar-refractivity contribution is 0.638. The Kier molecular flexibility index (Phi) is 4.24. The van der Waals surface area contributed by atoms with Gasteiger partial charge < -0.3 is 5.32 Å². The van der Waals surface area contributed by atoms with Crippen LogP contribution in [0.4, 0.5) is 0 Å². The van der Waals surface area contributed by atoms with Crippen LogP contribution in [0.15, 0.2) is 41.9 Å². The van der Waals surface area contributed by atoms with Crippen LogP contribution in [-0.2, 0) is 0 Å². The maximum absolute atomic E-state index is 6.46. The van der Waals surface area contributed by atoms with Gasteiger partial charge >= 0.3 is 0 Å². The van der Waals surface area contributed by atoms with Crippen LogP contribution < -0.4 is 5.32 Å². The molecule has 21 heavy (non-hydrogen) atoms. The van der Waals surface area contributed by atoms with Gasteiger partial charge in [-0.15, -0.1) is 11.3 Å². The first-order valence-corrected chi connectivity index (χ1v) is 8.28. The van der Waals surface area contributed by atoms with Gasteiger partial charge in [0.15, 0.2) is 0 Å². The van der Waals surface area contributed by atoms with Crippen LogP contribution in [0.5, 0.6) is 0 Å². The van der Waals surface area contributed by atoms with Gasteiger partial charge in [-0.2, -0.15) is 0 Å². The highest BCUT2D eigenvalue weighted by Gasteiger charge is 2.19. The third-order valence-corrected chi connectivity index (χ3v) is 5.32. The minimum atomic E-state index is 0.0957. The Morgan fingerprint density at radius 2 is 2.14 bits per heavy atom. The van der Waals surface area contributed by atoms with Crippen LogP contribution in [0.2, 0.25) is 5.02 Å². The fourth-order valence-electron chi connectivity index (χ4n) is 2.46. The normalized spacial score (nSPS) is 12.7. The molecule has 2 aromatic heterocycles. The van der Waals surface area contributed by atoms with E-state index in [1.54, 1.807) is 11.3 Å². The lowest BCUT2D eigenvalue weighted by Crippen LogP contribution is -2.21. The van der Waals surface area contributed by atoms with E-state index >= 15 is 0 Å². The van der Waals surface area contributed by atoms with Gasteiger partial charge in [0.05, 0.1) is 16.6 Å². The van der Waals surface area contributed by atoms with Gasteiger partial charge in [-0.05, 0) is 42.1 Å². The second-order valence-corrected chi connectivity index (χ2v) is 6.34. The first kappa shape index (κ1) is 14.5. The van der Waals surface area contributed by atoms with Crippen molar-refractivity contribution < 1.29 is 0 Å². The third kappa shape index (κ3) is 2.82. The van der Waals surface area contributed by atoms with Gasteiger partial charge in [0.25, 0.3) is 0 Å². The second-order valence-electron chi connectivity index (χ2n) is 5.05. The molecule has 1 atom stereocenters. The Bertz CT molecular complexity index is 766. The summed E-state index contributed by atoms with van der Waals surface area (Å²) in [6.07, 6.45) is 1.95. The van der Waals surface area contributed by atoms with Gasteiger partial charge in [-0.25, -0.2) is 0 Å². The summed E-state index contributed by atoms with van der Waals surface area (Å²) in [6.45, 7) is 5.03. The van der Waals surface area contributed by atoms with E-state index in [1.165, 1.54) is 0 Å². The van der Waals surface area contributed by atoms with Crippen molar-refractivity contribution in [2.45, 2.75) is 19.9 Å². The lowest BCUT2D eigenvalue weighted by Gasteiger charge is -2.18. The molecule has 1 unspecified atom stereocenters. The number of para-hydroxylation sites is 1. The molecule has 2 nitrogen and oxygen atoms in total. The number of hydrogen-bond donors (Lipinski definition) is 1. The number of pyridine rings is 1. The number of nitrogens with zero attached hydrogens (tertiary/aromatic N) is 1. The molecule has 0 fully saturated rings. The van der Waals surface area contributed by atoms with Crippen molar-refractivity contribution in [3.63, 3.8) is 0 Å². The van der Waals surface area contributed by atoms with E-state index in [0.29, 0.717) is 0 Å². The van der Waals surface area contributed by atoms with Gasteiger partial charge in [0, 0.05) is 16.5 Å². The highest BCUT2D eigenvalue weighted by Crippen LogP contribution is 2.36. The number of benzene rings is 1. The molecule has 0 aliphatic carbocycles. The summed E-state index contributed by atoms with van der Waals surface area (Å²) < 4.78 is 0. The van der Waals surface area contributed by atoms with Gasteiger partial charge in [0.1, 0.15) is 0 Å². The number of aromatic nitrogens is 1. The van der Waals surface area contributed by atoms with E-state index < -0.39 is 0 Å². The summed E-state index contributed by atoms with van der Waals surface area (Å²) >= 11 is 8.16. The molecule has 2 heterocycles. The lowest BCUT2D eigenvalue weighted by atomic mass is 10.0. The third-order valence-electron chi connectivity index (χ3n) is 3.54. The highest BCUT2D eigenvalue weighted by atomic mass is 35.5. The molecule has 4 heteroatoms. The maximum Gasteiger partial charge on any atom is 0.0702 e. The monoisotopic (exact) mass is 316 g/mol. The molecule has 0 saturated carbocycles. The van der Waals surface area contributed by atoms with Crippen molar-refractivity contribution in [3.8, 4) is 0 Å². The van der Waals surface area contributed by atoms with Gasteiger partial charge in [0.2, 0.25) is 0 Å². The van der Waals surface area contributed by atoms with Crippen molar-refractivity contribution in [3.05, 3.63) is 62.9 Å². The number of fused-ring (bicyclic) bond motifs is 1. The molecule has 3 rings (SSSR count). The quantitative estimate of drug-likeness (QED) is 0.736. The predicted molar refractivity (Wildman–Crippen MR) is 91.3 cm³/mol. The highest BCUT2D eigenvalue weighted by molar-refractivity contribution is 7.10. The molecule has 0 aliphatic heterocycles. The van der Waals surface area contributed by atoms with E-state index in [-0.39, 0.29) is 6.04 Å². The van der Waals surface area contributed by atoms with Crippen LogP contribution in [0.1, 0.15) is 29.0 Å². The standard InChI is InChI=1S/C17H17ClN2S/c1-3-19-16(17-15(18)11(2)10-21-17)13-8-12-6-4-5-7-14(12)20-9-13/h4-10,16,19H,3H2,1-2H3. The van der Waals surface area contributed by atoms with E-state index in [2.05, 4.69) is 34.7 Å². The Hall–Kier alpha value is -1.42. The Morgan fingerprint density at radius 1 is 1.33 bits per heavy atom.